The lowest BCUT2D eigenvalue weighted by atomic mass is 9.87. The number of hydrogen-bond donors (Lipinski definition) is 0. The minimum Gasteiger partial charge on any atom is -0.0622 e. The molecule has 3 aromatic rings. The monoisotopic (exact) mass is 310 g/mol. The molecule has 0 unspecified atom stereocenters. The molecule has 0 aromatic heterocycles. The molecule has 24 heavy (non-hydrogen) atoms. The van der Waals surface area contributed by atoms with E-state index in [0.717, 1.165) is 5.92 Å². The van der Waals surface area contributed by atoms with Crippen molar-refractivity contribution >= 4 is 11.1 Å². The van der Waals surface area contributed by atoms with Crippen molar-refractivity contribution < 1.29 is 0 Å². The van der Waals surface area contributed by atoms with Crippen LogP contribution >= 0.6 is 0 Å². The predicted molar refractivity (Wildman–Crippen MR) is 103 cm³/mol. The van der Waals surface area contributed by atoms with Crippen LogP contribution in [-0.4, -0.2) is 0 Å². The second-order valence-electron chi connectivity index (χ2n) is 6.60. The predicted octanol–water partition coefficient (Wildman–Crippen LogP) is 6.45. The van der Waals surface area contributed by atoms with E-state index < -0.39 is 0 Å². The molecule has 3 aromatic carbocycles. The second kappa shape index (κ2) is 6.88. The van der Waals surface area contributed by atoms with Crippen molar-refractivity contribution in [2.45, 2.75) is 19.3 Å². The van der Waals surface area contributed by atoms with Crippen LogP contribution in [0.25, 0.3) is 11.1 Å². The van der Waals surface area contributed by atoms with Gasteiger partial charge in [0.2, 0.25) is 0 Å². The lowest BCUT2D eigenvalue weighted by molar-refractivity contribution is 0.878. The minimum atomic E-state index is 0.850. The topological polar surface area (TPSA) is 0 Å². The van der Waals surface area contributed by atoms with Gasteiger partial charge in [0.1, 0.15) is 0 Å². The smallest absolute Gasteiger partial charge is 0.00733 e. The first-order valence-corrected chi connectivity index (χ1v) is 8.81. The average Bonchev–Trinajstić information content (AvgIpc) is 3.48. The van der Waals surface area contributed by atoms with E-state index in [2.05, 4.69) is 91.0 Å². The molecule has 0 radical (unpaired) electrons. The van der Waals surface area contributed by atoms with Gasteiger partial charge in [-0.2, -0.15) is 0 Å². The molecule has 1 saturated carbocycles. The van der Waals surface area contributed by atoms with Gasteiger partial charge in [0.05, 0.1) is 0 Å². The van der Waals surface area contributed by atoms with E-state index in [-0.39, 0.29) is 0 Å². The second-order valence-corrected chi connectivity index (χ2v) is 6.60. The van der Waals surface area contributed by atoms with Crippen molar-refractivity contribution in [2.75, 3.05) is 0 Å². The molecule has 0 atom stereocenters. The number of allylic oxidation sites excluding steroid dienone is 1. The third-order valence-corrected chi connectivity index (χ3v) is 4.74. The molecule has 1 aliphatic rings. The van der Waals surface area contributed by atoms with Gasteiger partial charge in [-0.3, -0.25) is 0 Å². The maximum absolute atomic E-state index is 2.25. The number of rotatable bonds is 5. The van der Waals surface area contributed by atoms with Crippen molar-refractivity contribution in [3.05, 3.63) is 108 Å². The zero-order chi connectivity index (χ0) is 16.2. The molecule has 1 fully saturated rings. The maximum atomic E-state index is 2.25. The summed E-state index contributed by atoms with van der Waals surface area (Å²) in [7, 11) is 0. The van der Waals surface area contributed by atoms with Crippen LogP contribution in [0.4, 0.5) is 0 Å². The summed E-state index contributed by atoms with van der Waals surface area (Å²) in [6.45, 7) is 0. The first kappa shape index (κ1) is 15.0. The maximum Gasteiger partial charge on any atom is -0.00733 e. The van der Waals surface area contributed by atoms with Gasteiger partial charge < -0.3 is 0 Å². The van der Waals surface area contributed by atoms with Crippen molar-refractivity contribution in [3.63, 3.8) is 0 Å². The van der Waals surface area contributed by atoms with Crippen molar-refractivity contribution in [2.24, 2.45) is 5.92 Å². The van der Waals surface area contributed by atoms with Crippen LogP contribution in [0.15, 0.2) is 91.0 Å². The van der Waals surface area contributed by atoms with Crippen molar-refractivity contribution in [3.8, 4) is 0 Å². The SMILES string of the molecule is c1ccc(C(CC2CC2)=C(c2ccccc2)c2ccccc2)cc1. The highest BCUT2D eigenvalue weighted by Gasteiger charge is 2.25. The van der Waals surface area contributed by atoms with E-state index in [1.807, 2.05) is 0 Å². The van der Waals surface area contributed by atoms with Gasteiger partial charge in [0.15, 0.2) is 0 Å². The Balaban J connectivity index is 1.94. The molecule has 0 aliphatic heterocycles. The molecule has 118 valence electrons. The molecular formula is C24H22. The summed E-state index contributed by atoms with van der Waals surface area (Å²) < 4.78 is 0. The summed E-state index contributed by atoms with van der Waals surface area (Å²) in [6, 6.07) is 32.6. The summed E-state index contributed by atoms with van der Waals surface area (Å²) in [6.07, 6.45) is 3.91. The molecule has 0 heterocycles. The average molecular weight is 310 g/mol. The van der Waals surface area contributed by atoms with Gasteiger partial charge >= 0.3 is 0 Å². The van der Waals surface area contributed by atoms with Gasteiger partial charge in [-0.15, -0.1) is 0 Å². The Morgan fingerprint density at radius 2 is 1.00 bits per heavy atom. The lowest BCUT2D eigenvalue weighted by Gasteiger charge is -2.17. The summed E-state index contributed by atoms with van der Waals surface area (Å²) >= 11 is 0. The molecule has 0 amide bonds. The Morgan fingerprint density at radius 1 is 0.583 bits per heavy atom. The molecular weight excluding hydrogens is 288 g/mol. The third kappa shape index (κ3) is 3.33. The number of benzene rings is 3. The van der Waals surface area contributed by atoms with Crippen LogP contribution in [-0.2, 0) is 0 Å². The molecule has 0 heteroatoms. The fraction of sp³-hybridized carbons (Fsp3) is 0.167. The fourth-order valence-corrected chi connectivity index (χ4v) is 3.34. The van der Waals surface area contributed by atoms with E-state index in [1.54, 1.807) is 0 Å². The summed E-state index contributed by atoms with van der Waals surface area (Å²) in [5, 5.41) is 0. The van der Waals surface area contributed by atoms with E-state index in [1.165, 1.54) is 47.1 Å². The summed E-state index contributed by atoms with van der Waals surface area (Å²) in [5.41, 5.74) is 6.84. The lowest BCUT2D eigenvalue weighted by Crippen LogP contribution is -1.96. The third-order valence-electron chi connectivity index (χ3n) is 4.74. The zero-order valence-electron chi connectivity index (χ0n) is 13.9. The molecule has 1 aliphatic carbocycles. The quantitative estimate of drug-likeness (QED) is 0.475. The highest BCUT2D eigenvalue weighted by atomic mass is 14.3. The van der Waals surface area contributed by atoms with Gasteiger partial charge in [0, 0.05) is 0 Å². The molecule has 0 nitrogen and oxygen atoms in total. The molecule has 0 saturated heterocycles. The standard InChI is InChI=1S/C24H22/c1-4-10-20(11-5-1)23(18-19-16-17-19)24(21-12-6-2-7-13-21)22-14-8-3-9-15-22/h1-15,19H,16-18H2. The van der Waals surface area contributed by atoms with Gasteiger partial charge in [-0.25, -0.2) is 0 Å². The van der Waals surface area contributed by atoms with Gasteiger partial charge in [-0.05, 0) is 53.0 Å². The van der Waals surface area contributed by atoms with Crippen LogP contribution in [0.2, 0.25) is 0 Å². The highest BCUT2D eigenvalue weighted by molar-refractivity contribution is 5.98. The zero-order valence-corrected chi connectivity index (χ0v) is 13.9. The first-order valence-electron chi connectivity index (χ1n) is 8.81. The molecule has 0 spiro atoms. The van der Waals surface area contributed by atoms with Gasteiger partial charge in [0.25, 0.3) is 0 Å². The van der Waals surface area contributed by atoms with Gasteiger partial charge in [-0.1, -0.05) is 91.0 Å². The van der Waals surface area contributed by atoms with E-state index in [0.29, 0.717) is 0 Å². The van der Waals surface area contributed by atoms with Crippen LogP contribution in [0.3, 0.4) is 0 Å². The number of hydrogen-bond acceptors (Lipinski definition) is 0. The van der Waals surface area contributed by atoms with E-state index in [4.69, 9.17) is 0 Å². The van der Waals surface area contributed by atoms with Crippen LogP contribution in [0.1, 0.15) is 36.0 Å². The highest BCUT2D eigenvalue weighted by Crippen LogP contribution is 2.42. The Morgan fingerprint density at radius 3 is 1.42 bits per heavy atom. The molecule has 0 bridgehead atoms. The Hall–Kier alpha value is -2.60. The molecule has 4 rings (SSSR count). The van der Waals surface area contributed by atoms with Crippen LogP contribution in [0, 0.1) is 5.92 Å². The van der Waals surface area contributed by atoms with E-state index >= 15 is 0 Å². The van der Waals surface area contributed by atoms with Crippen molar-refractivity contribution in [1.82, 2.24) is 0 Å². The largest absolute Gasteiger partial charge is 0.0622 e. The van der Waals surface area contributed by atoms with E-state index in [9.17, 15) is 0 Å². The minimum absolute atomic E-state index is 0.850. The Labute approximate surface area is 144 Å². The Kier molecular flexibility index (Phi) is 4.29. The normalized spacial score (nSPS) is 13.5. The molecule has 0 N–H and O–H groups in total. The summed E-state index contributed by atoms with van der Waals surface area (Å²) in [5.74, 6) is 0.850. The van der Waals surface area contributed by atoms with Crippen molar-refractivity contribution in [1.29, 1.82) is 0 Å². The Bertz CT molecular complexity index is 768. The van der Waals surface area contributed by atoms with Crippen LogP contribution in [0.5, 0.6) is 0 Å². The van der Waals surface area contributed by atoms with Crippen LogP contribution < -0.4 is 0 Å². The first-order chi connectivity index (χ1) is 11.9. The summed E-state index contributed by atoms with van der Waals surface area (Å²) in [4.78, 5) is 0. The fourth-order valence-electron chi connectivity index (χ4n) is 3.34.